The number of esters is 1. The Labute approximate surface area is 105 Å². The highest BCUT2D eigenvalue weighted by molar-refractivity contribution is 5.87. The zero-order valence-electron chi connectivity index (χ0n) is 10.0. The van der Waals surface area contributed by atoms with Crippen molar-refractivity contribution >= 4 is 17.7 Å². The van der Waals surface area contributed by atoms with Crippen molar-refractivity contribution in [3.05, 3.63) is 29.8 Å². The van der Waals surface area contributed by atoms with Crippen LogP contribution in [0, 0.1) is 11.8 Å². The number of nitrogens with one attached hydrogen (secondary N) is 1. The molecule has 0 saturated heterocycles. The smallest absolute Gasteiger partial charge is 0.317 e. The van der Waals surface area contributed by atoms with E-state index in [1.165, 1.54) is 0 Å². The van der Waals surface area contributed by atoms with E-state index >= 15 is 0 Å². The van der Waals surface area contributed by atoms with Crippen LogP contribution in [-0.4, -0.2) is 18.6 Å². The van der Waals surface area contributed by atoms with E-state index in [0.29, 0.717) is 12.3 Å². The Morgan fingerprint density at radius 2 is 2.00 bits per heavy atom. The minimum Gasteiger partial charge on any atom is -0.465 e. The number of benzene rings is 1. The lowest BCUT2D eigenvalue weighted by Crippen LogP contribution is -2.19. The summed E-state index contributed by atoms with van der Waals surface area (Å²) in [5.41, 5.74) is 6.32. The Bertz CT molecular complexity index is 483. The number of hydrogen-bond acceptors (Lipinski definition) is 3. The molecule has 18 heavy (non-hydrogen) atoms. The molecule has 0 fully saturated rings. The Hall–Kier alpha value is -2.48. The second kappa shape index (κ2) is 6.97. The first-order chi connectivity index (χ1) is 8.61. The van der Waals surface area contributed by atoms with Gasteiger partial charge in [0.25, 0.3) is 0 Å². The van der Waals surface area contributed by atoms with Gasteiger partial charge in [-0.2, -0.15) is 0 Å². The fourth-order valence-corrected chi connectivity index (χ4v) is 1.21. The average molecular weight is 246 g/mol. The molecule has 0 bridgehead atoms. The monoisotopic (exact) mass is 246 g/mol. The molecule has 1 aromatic carbocycles. The predicted molar refractivity (Wildman–Crippen MR) is 67.8 cm³/mol. The summed E-state index contributed by atoms with van der Waals surface area (Å²) in [6, 6.07) is 6.20. The number of amides is 2. The van der Waals surface area contributed by atoms with Gasteiger partial charge in [-0.25, -0.2) is 4.79 Å². The van der Waals surface area contributed by atoms with Crippen LogP contribution in [0.3, 0.4) is 0 Å². The van der Waals surface area contributed by atoms with Gasteiger partial charge in [0.15, 0.2) is 0 Å². The number of rotatable bonds is 3. The number of ether oxygens (including phenoxy) is 1. The minimum atomic E-state index is -0.615. The second-order valence-corrected chi connectivity index (χ2v) is 3.35. The van der Waals surface area contributed by atoms with Crippen molar-refractivity contribution in [3.8, 4) is 11.8 Å². The molecule has 0 radical (unpaired) electrons. The number of carbonyl (C=O) groups is 2. The highest BCUT2D eigenvalue weighted by Gasteiger charge is 1.97. The molecule has 5 nitrogen and oxygen atoms in total. The van der Waals surface area contributed by atoms with Gasteiger partial charge < -0.3 is 15.8 Å². The summed E-state index contributed by atoms with van der Waals surface area (Å²) in [4.78, 5) is 21.6. The van der Waals surface area contributed by atoms with Gasteiger partial charge >= 0.3 is 12.0 Å². The third-order valence-corrected chi connectivity index (χ3v) is 1.92. The molecule has 0 aliphatic carbocycles. The Balaban J connectivity index is 2.56. The van der Waals surface area contributed by atoms with Crippen LogP contribution < -0.4 is 11.1 Å². The minimum absolute atomic E-state index is 0.0646. The number of hydrogen-bond donors (Lipinski definition) is 2. The highest BCUT2D eigenvalue weighted by atomic mass is 16.5. The lowest BCUT2D eigenvalue weighted by molar-refractivity contribution is -0.141. The quantitative estimate of drug-likeness (QED) is 0.626. The first-order valence-electron chi connectivity index (χ1n) is 5.43. The fourth-order valence-electron chi connectivity index (χ4n) is 1.21. The normalized spacial score (nSPS) is 8.94. The van der Waals surface area contributed by atoms with Crippen molar-refractivity contribution in [2.45, 2.75) is 13.3 Å². The van der Waals surface area contributed by atoms with Crippen LogP contribution in [0.2, 0.25) is 0 Å². The summed E-state index contributed by atoms with van der Waals surface area (Å²) in [5, 5.41) is 2.44. The van der Waals surface area contributed by atoms with Gasteiger partial charge in [-0.3, -0.25) is 4.79 Å². The number of nitrogens with two attached hydrogens (primary N) is 1. The third-order valence-electron chi connectivity index (χ3n) is 1.92. The molecule has 0 spiro atoms. The summed E-state index contributed by atoms with van der Waals surface area (Å²) >= 11 is 0. The number of primary amides is 1. The van der Waals surface area contributed by atoms with Crippen LogP contribution >= 0.6 is 0 Å². The van der Waals surface area contributed by atoms with E-state index in [1.807, 2.05) is 0 Å². The molecule has 0 unspecified atom stereocenters. The lowest BCUT2D eigenvalue weighted by atomic mass is 10.2. The molecular formula is C13H14N2O3. The van der Waals surface area contributed by atoms with Crippen molar-refractivity contribution in [1.29, 1.82) is 0 Å². The first kappa shape index (κ1) is 13.6. The molecule has 0 heterocycles. The number of urea groups is 1. The molecule has 0 aromatic heterocycles. The topological polar surface area (TPSA) is 81.4 Å². The molecule has 2 amide bonds. The summed E-state index contributed by atoms with van der Waals surface area (Å²) in [5.74, 6) is 5.19. The van der Waals surface area contributed by atoms with E-state index in [4.69, 9.17) is 10.5 Å². The van der Waals surface area contributed by atoms with Gasteiger partial charge in [-0.05, 0) is 31.2 Å². The van der Waals surface area contributed by atoms with Crippen molar-refractivity contribution in [3.63, 3.8) is 0 Å². The lowest BCUT2D eigenvalue weighted by Gasteiger charge is -2.00. The van der Waals surface area contributed by atoms with E-state index < -0.39 is 6.03 Å². The standard InChI is InChI=1S/C13H14N2O3/c1-2-18-12(16)5-3-4-10-6-8-11(9-7-10)15-13(14)17/h6-9H,2,5H2,1H3,(H3,14,15,17). The SMILES string of the molecule is CCOC(=O)CC#Cc1ccc(NC(N)=O)cc1. The van der Waals surface area contributed by atoms with Gasteiger partial charge in [0.05, 0.1) is 6.61 Å². The number of anilines is 1. The Morgan fingerprint density at radius 1 is 1.33 bits per heavy atom. The molecule has 94 valence electrons. The molecular weight excluding hydrogens is 232 g/mol. The Morgan fingerprint density at radius 3 is 2.56 bits per heavy atom. The van der Waals surface area contributed by atoms with Gasteiger partial charge in [0, 0.05) is 11.3 Å². The maximum absolute atomic E-state index is 11.0. The fraction of sp³-hybridized carbons (Fsp3) is 0.231. The van der Waals surface area contributed by atoms with Crippen LogP contribution in [0.4, 0.5) is 10.5 Å². The molecule has 0 atom stereocenters. The maximum atomic E-state index is 11.0. The second-order valence-electron chi connectivity index (χ2n) is 3.35. The van der Waals surface area contributed by atoms with E-state index in [1.54, 1.807) is 31.2 Å². The maximum Gasteiger partial charge on any atom is 0.317 e. The molecule has 3 N–H and O–H groups in total. The molecule has 5 heteroatoms. The van der Waals surface area contributed by atoms with Gasteiger partial charge in [0.1, 0.15) is 6.42 Å². The molecule has 0 aliphatic heterocycles. The van der Waals surface area contributed by atoms with Crippen LogP contribution in [0.5, 0.6) is 0 Å². The molecule has 0 aliphatic rings. The highest BCUT2D eigenvalue weighted by Crippen LogP contribution is 2.08. The molecule has 1 rings (SSSR count). The van der Waals surface area contributed by atoms with Crippen LogP contribution in [0.15, 0.2) is 24.3 Å². The van der Waals surface area contributed by atoms with Crippen LogP contribution in [0.25, 0.3) is 0 Å². The first-order valence-corrected chi connectivity index (χ1v) is 5.43. The zero-order valence-corrected chi connectivity index (χ0v) is 10.0. The van der Waals surface area contributed by atoms with Crippen LogP contribution in [-0.2, 0) is 9.53 Å². The zero-order chi connectivity index (χ0) is 13.4. The van der Waals surface area contributed by atoms with E-state index in [9.17, 15) is 9.59 Å². The summed E-state index contributed by atoms with van der Waals surface area (Å²) in [6.45, 7) is 2.10. The van der Waals surface area contributed by atoms with E-state index in [-0.39, 0.29) is 12.4 Å². The van der Waals surface area contributed by atoms with Crippen LogP contribution in [0.1, 0.15) is 18.9 Å². The largest absolute Gasteiger partial charge is 0.465 e. The Kier molecular flexibility index (Phi) is 5.26. The van der Waals surface area contributed by atoms with Crippen molar-refractivity contribution < 1.29 is 14.3 Å². The molecule has 0 saturated carbocycles. The van der Waals surface area contributed by atoms with Gasteiger partial charge in [-0.15, -0.1) is 0 Å². The third kappa shape index (κ3) is 5.03. The van der Waals surface area contributed by atoms with Crippen molar-refractivity contribution in [2.24, 2.45) is 5.73 Å². The van der Waals surface area contributed by atoms with E-state index in [2.05, 4.69) is 17.2 Å². The average Bonchev–Trinajstić information content (AvgIpc) is 2.31. The molecule has 1 aromatic rings. The van der Waals surface area contributed by atoms with Crippen molar-refractivity contribution in [1.82, 2.24) is 0 Å². The van der Waals surface area contributed by atoms with Crippen molar-refractivity contribution in [2.75, 3.05) is 11.9 Å². The predicted octanol–water partition coefficient (Wildman–Crippen LogP) is 1.48. The van der Waals surface area contributed by atoms with Gasteiger partial charge in [0.2, 0.25) is 0 Å². The summed E-state index contributed by atoms with van der Waals surface area (Å²) in [6.07, 6.45) is 0.0646. The van der Waals surface area contributed by atoms with E-state index in [0.717, 1.165) is 5.56 Å². The number of carbonyl (C=O) groups excluding carboxylic acids is 2. The van der Waals surface area contributed by atoms with Gasteiger partial charge in [-0.1, -0.05) is 11.8 Å². The summed E-state index contributed by atoms with van der Waals surface area (Å²) in [7, 11) is 0. The summed E-state index contributed by atoms with van der Waals surface area (Å²) < 4.78 is 4.74.